The van der Waals surface area contributed by atoms with E-state index in [0.29, 0.717) is 38.2 Å². The standard InChI is InChI=1S/C17H23N5O2/c1-13-3-4-15(19-9-13)17(24)5-7-21(8-6-17)16(23)14(2)10-22-12-18-11-20-22/h3-4,9,11-12,14,24H,5-8,10H2,1-2H3/t14-/m1/s1. The Hall–Kier alpha value is -2.28. The molecule has 0 aromatic carbocycles. The highest BCUT2D eigenvalue weighted by Gasteiger charge is 2.37. The number of pyridine rings is 1. The maximum atomic E-state index is 12.6. The number of likely N-dealkylation sites (tertiary alicyclic amines) is 1. The number of amides is 1. The molecule has 0 spiro atoms. The van der Waals surface area contributed by atoms with Crippen LogP contribution in [0.4, 0.5) is 0 Å². The molecule has 1 N–H and O–H groups in total. The second-order valence-electron chi connectivity index (χ2n) is 6.60. The third-order valence-corrected chi connectivity index (χ3v) is 4.64. The Morgan fingerprint density at radius 2 is 2.12 bits per heavy atom. The van der Waals surface area contributed by atoms with E-state index in [2.05, 4.69) is 15.1 Å². The number of aromatic nitrogens is 4. The lowest BCUT2D eigenvalue weighted by Crippen LogP contribution is -2.47. The average molecular weight is 329 g/mol. The lowest BCUT2D eigenvalue weighted by Gasteiger charge is -2.38. The van der Waals surface area contributed by atoms with Crippen LogP contribution in [0.3, 0.4) is 0 Å². The molecule has 0 saturated carbocycles. The van der Waals surface area contributed by atoms with Gasteiger partial charge in [-0.25, -0.2) is 4.98 Å². The predicted octanol–water partition coefficient (Wildman–Crippen LogP) is 1.13. The van der Waals surface area contributed by atoms with Gasteiger partial charge in [-0.3, -0.25) is 14.5 Å². The molecule has 7 heteroatoms. The van der Waals surface area contributed by atoms with Crippen molar-refractivity contribution < 1.29 is 9.90 Å². The Balaban J connectivity index is 1.59. The second-order valence-corrected chi connectivity index (χ2v) is 6.60. The normalized spacial score (nSPS) is 18.4. The summed E-state index contributed by atoms with van der Waals surface area (Å²) in [6.45, 7) is 5.45. The van der Waals surface area contributed by atoms with Gasteiger partial charge >= 0.3 is 0 Å². The maximum Gasteiger partial charge on any atom is 0.227 e. The van der Waals surface area contributed by atoms with Gasteiger partial charge < -0.3 is 10.0 Å². The van der Waals surface area contributed by atoms with Gasteiger partial charge in [0.25, 0.3) is 0 Å². The minimum absolute atomic E-state index is 0.0874. The molecular weight excluding hydrogens is 306 g/mol. The number of nitrogens with zero attached hydrogens (tertiary/aromatic N) is 5. The van der Waals surface area contributed by atoms with E-state index in [-0.39, 0.29) is 11.8 Å². The average Bonchev–Trinajstić information content (AvgIpc) is 3.08. The molecule has 0 radical (unpaired) electrons. The van der Waals surface area contributed by atoms with Crippen LogP contribution in [0.1, 0.15) is 31.0 Å². The van der Waals surface area contributed by atoms with Crippen LogP contribution in [0.5, 0.6) is 0 Å². The molecule has 24 heavy (non-hydrogen) atoms. The van der Waals surface area contributed by atoms with E-state index in [1.807, 2.05) is 30.9 Å². The van der Waals surface area contributed by atoms with Crippen molar-refractivity contribution in [3.05, 3.63) is 42.2 Å². The molecule has 1 aliphatic heterocycles. The van der Waals surface area contributed by atoms with Crippen molar-refractivity contribution in [2.24, 2.45) is 5.92 Å². The predicted molar refractivity (Wildman–Crippen MR) is 87.9 cm³/mol. The molecule has 1 amide bonds. The lowest BCUT2D eigenvalue weighted by atomic mass is 9.87. The van der Waals surface area contributed by atoms with E-state index in [0.717, 1.165) is 5.56 Å². The van der Waals surface area contributed by atoms with Gasteiger partial charge in [-0.15, -0.1) is 0 Å². The summed E-state index contributed by atoms with van der Waals surface area (Å²) in [5.41, 5.74) is 0.812. The molecule has 2 aromatic rings. The Morgan fingerprint density at radius 1 is 1.38 bits per heavy atom. The molecule has 0 unspecified atom stereocenters. The highest BCUT2D eigenvalue weighted by molar-refractivity contribution is 5.78. The number of hydrogen-bond donors (Lipinski definition) is 1. The summed E-state index contributed by atoms with van der Waals surface area (Å²) in [5.74, 6) is -0.0835. The molecule has 128 valence electrons. The fourth-order valence-corrected chi connectivity index (χ4v) is 3.09. The SMILES string of the molecule is Cc1ccc(C2(O)CCN(C(=O)[C@H](C)Cn3cncn3)CC2)nc1. The van der Waals surface area contributed by atoms with Gasteiger partial charge in [0.15, 0.2) is 0 Å². The van der Waals surface area contributed by atoms with Crippen molar-refractivity contribution >= 4 is 5.91 Å². The van der Waals surface area contributed by atoms with Gasteiger partial charge in [0.1, 0.15) is 18.3 Å². The first-order valence-corrected chi connectivity index (χ1v) is 8.25. The number of aryl methyl sites for hydroxylation is 1. The van der Waals surface area contributed by atoms with E-state index in [4.69, 9.17) is 0 Å². The van der Waals surface area contributed by atoms with Crippen LogP contribution in [0.2, 0.25) is 0 Å². The fraction of sp³-hybridized carbons (Fsp3) is 0.529. The van der Waals surface area contributed by atoms with Gasteiger partial charge in [0.2, 0.25) is 5.91 Å². The number of aliphatic hydroxyl groups is 1. The first-order valence-electron chi connectivity index (χ1n) is 8.25. The highest BCUT2D eigenvalue weighted by atomic mass is 16.3. The minimum atomic E-state index is -0.945. The molecule has 0 bridgehead atoms. The van der Waals surface area contributed by atoms with Crippen molar-refractivity contribution in [3.8, 4) is 0 Å². The van der Waals surface area contributed by atoms with Gasteiger partial charge in [0, 0.05) is 19.3 Å². The summed E-state index contributed by atoms with van der Waals surface area (Å²) in [7, 11) is 0. The van der Waals surface area contributed by atoms with Gasteiger partial charge in [-0.2, -0.15) is 5.10 Å². The molecule has 1 saturated heterocycles. The van der Waals surface area contributed by atoms with Gasteiger partial charge in [0.05, 0.1) is 18.2 Å². The fourth-order valence-electron chi connectivity index (χ4n) is 3.09. The first-order chi connectivity index (χ1) is 11.5. The van der Waals surface area contributed by atoms with Crippen LogP contribution in [0.15, 0.2) is 31.0 Å². The van der Waals surface area contributed by atoms with Gasteiger partial charge in [-0.05, 0) is 31.4 Å². The van der Waals surface area contributed by atoms with Crippen LogP contribution < -0.4 is 0 Å². The van der Waals surface area contributed by atoms with Crippen molar-refractivity contribution in [1.29, 1.82) is 0 Å². The Morgan fingerprint density at radius 3 is 2.71 bits per heavy atom. The maximum absolute atomic E-state index is 12.6. The summed E-state index contributed by atoms with van der Waals surface area (Å²) in [5, 5.41) is 14.9. The Bertz CT molecular complexity index is 676. The number of carbonyl (C=O) groups is 1. The second kappa shape index (κ2) is 6.68. The van der Waals surface area contributed by atoms with E-state index in [9.17, 15) is 9.90 Å². The van der Waals surface area contributed by atoms with Crippen molar-refractivity contribution in [3.63, 3.8) is 0 Å². The summed E-state index contributed by atoms with van der Waals surface area (Å²) < 4.78 is 1.67. The van der Waals surface area contributed by atoms with E-state index in [1.165, 1.54) is 6.33 Å². The molecule has 2 aromatic heterocycles. The summed E-state index contributed by atoms with van der Waals surface area (Å²) in [6, 6.07) is 3.83. The zero-order chi connectivity index (χ0) is 17.2. The number of hydrogen-bond acceptors (Lipinski definition) is 5. The molecule has 1 aliphatic rings. The quantitative estimate of drug-likeness (QED) is 0.909. The molecule has 7 nitrogen and oxygen atoms in total. The minimum Gasteiger partial charge on any atom is -0.383 e. The molecular formula is C17H23N5O2. The van der Waals surface area contributed by atoms with Crippen molar-refractivity contribution in [2.75, 3.05) is 13.1 Å². The molecule has 3 heterocycles. The third kappa shape index (κ3) is 3.46. The topological polar surface area (TPSA) is 84.1 Å². The number of piperidine rings is 1. The van der Waals surface area contributed by atoms with Crippen molar-refractivity contribution in [1.82, 2.24) is 24.6 Å². The van der Waals surface area contributed by atoms with E-state index >= 15 is 0 Å². The zero-order valence-corrected chi connectivity index (χ0v) is 14.1. The summed E-state index contributed by atoms with van der Waals surface area (Å²) in [6.07, 6.45) is 5.86. The summed E-state index contributed by atoms with van der Waals surface area (Å²) >= 11 is 0. The largest absolute Gasteiger partial charge is 0.383 e. The van der Waals surface area contributed by atoms with E-state index in [1.54, 1.807) is 17.2 Å². The highest BCUT2D eigenvalue weighted by Crippen LogP contribution is 2.32. The third-order valence-electron chi connectivity index (χ3n) is 4.64. The van der Waals surface area contributed by atoms with Gasteiger partial charge in [-0.1, -0.05) is 13.0 Å². The number of rotatable bonds is 4. The molecule has 3 rings (SSSR count). The molecule has 1 atom stereocenters. The van der Waals surface area contributed by atoms with Crippen LogP contribution in [-0.4, -0.2) is 48.8 Å². The molecule has 0 aliphatic carbocycles. The van der Waals surface area contributed by atoms with E-state index < -0.39 is 5.60 Å². The van der Waals surface area contributed by atoms with Crippen LogP contribution in [-0.2, 0) is 16.9 Å². The summed E-state index contributed by atoms with van der Waals surface area (Å²) in [4.78, 5) is 22.7. The molecule has 1 fully saturated rings. The van der Waals surface area contributed by atoms with Crippen LogP contribution in [0.25, 0.3) is 0 Å². The smallest absolute Gasteiger partial charge is 0.227 e. The monoisotopic (exact) mass is 329 g/mol. The van der Waals surface area contributed by atoms with Crippen molar-refractivity contribution in [2.45, 2.75) is 38.8 Å². The Kier molecular flexibility index (Phi) is 4.62. The lowest BCUT2D eigenvalue weighted by molar-refractivity contribution is -0.140. The first kappa shape index (κ1) is 16.6. The zero-order valence-electron chi connectivity index (χ0n) is 14.1. The van der Waals surface area contributed by atoms with Crippen LogP contribution >= 0.6 is 0 Å². The van der Waals surface area contributed by atoms with Crippen LogP contribution in [0, 0.1) is 12.8 Å². The number of carbonyl (C=O) groups excluding carboxylic acids is 1. The Labute approximate surface area is 141 Å².